The molecule has 146 valence electrons. The number of hydrogen-bond donors (Lipinski definition) is 0. The summed E-state index contributed by atoms with van der Waals surface area (Å²) in [6, 6.07) is 8.10. The molecule has 0 spiro atoms. The normalized spacial score (nSPS) is 13.6. The van der Waals surface area contributed by atoms with Crippen molar-refractivity contribution >= 4 is 11.6 Å². The van der Waals surface area contributed by atoms with Crippen LogP contribution < -0.4 is 9.64 Å². The molecular weight excluding hydrogens is 372 g/mol. The first kappa shape index (κ1) is 18.1. The molecule has 28 heavy (non-hydrogen) atoms. The summed E-state index contributed by atoms with van der Waals surface area (Å²) in [6.45, 7) is -2.30. The lowest BCUT2D eigenvalue weighted by Crippen LogP contribution is -2.35. The van der Waals surface area contributed by atoms with E-state index in [1.54, 1.807) is 29.2 Å². The highest BCUT2D eigenvalue weighted by Crippen LogP contribution is 2.31. The van der Waals surface area contributed by atoms with E-state index in [-0.39, 0.29) is 18.1 Å². The lowest BCUT2D eigenvalue weighted by molar-refractivity contribution is -0.118. The number of aromatic nitrogens is 2. The van der Waals surface area contributed by atoms with E-state index in [9.17, 15) is 13.6 Å². The van der Waals surface area contributed by atoms with Crippen LogP contribution in [0.4, 0.5) is 14.5 Å². The Morgan fingerprint density at radius 1 is 1.32 bits per heavy atom. The van der Waals surface area contributed by atoms with E-state index in [4.69, 9.17) is 8.94 Å². The molecule has 1 aliphatic heterocycles. The number of alkyl halides is 2. The number of rotatable bonds is 6. The van der Waals surface area contributed by atoms with Gasteiger partial charge in [-0.1, -0.05) is 5.16 Å². The van der Waals surface area contributed by atoms with Gasteiger partial charge in [0.1, 0.15) is 5.75 Å². The van der Waals surface area contributed by atoms with Crippen molar-refractivity contribution in [1.82, 2.24) is 10.1 Å². The molecule has 0 aliphatic carbocycles. The van der Waals surface area contributed by atoms with Crippen LogP contribution in [0.25, 0.3) is 11.6 Å². The number of halogens is 2. The summed E-state index contributed by atoms with van der Waals surface area (Å²) >= 11 is 0. The first-order valence-corrected chi connectivity index (χ1v) is 8.85. The Balaban J connectivity index is 1.42. The SMILES string of the molecule is O=C(CCc1nc(-c2ccco2)no1)N1CCCc2cc(OC(F)F)ccc21. The molecule has 1 amide bonds. The maximum atomic E-state index is 12.7. The maximum Gasteiger partial charge on any atom is 0.387 e. The summed E-state index contributed by atoms with van der Waals surface area (Å²) in [5.41, 5.74) is 1.54. The fourth-order valence-electron chi connectivity index (χ4n) is 3.22. The molecule has 0 fully saturated rings. The fourth-order valence-corrected chi connectivity index (χ4v) is 3.22. The van der Waals surface area contributed by atoms with Gasteiger partial charge < -0.3 is 18.6 Å². The quantitative estimate of drug-likeness (QED) is 0.637. The van der Waals surface area contributed by atoms with Crippen molar-refractivity contribution in [2.75, 3.05) is 11.4 Å². The van der Waals surface area contributed by atoms with Crippen LogP contribution in [-0.4, -0.2) is 29.2 Å². The minimum absolute atomic E-state index is 0.0961. The van der Waals surface area contributed by atoms with E-state index < -0.39 is 6.61 Å². The lowest BCUT2D eigenvalue weighted by Gasteiger charge is -2.29. The standard InChI is InChI=1S/C19H17F2N3O4/c20-19(21)27-13-5-6-14-12(11-13)3-1-9-24(14)17(25)8-7-16-22-18(23-28-16)15-4-2-10-26-15/h2,4-6,10-11,19H,1,3,7-9H2. The number of aryl methyl sites for hydroxylation is 2. The van der Waals surface area contributed by atoms with Crippen LogP contribution in [0, 0.1) is 0 Å². The molecule has 4 rings (SSSR count). The molecule has 3 aromatic rings. The third kappa shape index (κ3) is 3.88. The Bertz CT molecular complexity index is 956. The number of anilines is 1. The molecule has 0 radical (unpaired) electrons. The van der Waals surface area contributed by atoms with Gasteiger partial charge in [0.2, 0.25) is 17.6 Å². The minimum atomic E-state index is -2.88. The Kier molecular flexibility index (Phi) is 5.05. The summed E-state index contributed by atoms with van der Waals surface area (Å²) < 4.78 is 39.6. The van der Waals surface area contributed by atoms with E-state index in [0.29, 0.717) is 36.9 Å². The number of fused-ring (bicyclic) bond motifs is 1. The highest BCUT2D eigenvalue weighted by Gasteiger charge is 2.24. The molecule has 0 atom stereocenters. The summed E-state index contributed by atoms with van der Waals surface area (Å²) in [5, 5.41) is 3.84. The van der Waals surface area contributed by atoms with Gasteiger partial charge in [-0.25, -0.2) is 0 Å². The molecule has 1 aliphatic rings. The molecule has 0 saturated heterocycles. The van der Waals surface area contributed by atoms with Crippen molar-refractivity contribution in [3.63, 3.8) is 0 Å². The number of nitrogens with zero attached hydrogens (tertiary/aromatic N) is 3. The van der Waals surface area contributed by atoms with Crippen molar-refractivity contribution in [2.24, 2.45) is 0 Å². The average Bonchev–Trinajstić information content (AvgIpc) is 3.36. The molecule has 0 unspecified atom stereocenters. The van der Waals surface area contributed by atoms with Gasteiger partial charge in [-0.3, -0.25) is 4.79 Å². The second kappa shape index (κ2) is 7.79. The Labute approximate surface area is 158 Å². The first-order valence-electron chi connectivity index (χ1n) is 8.85. The van der Waals surface area contributed by atoms with Gasteiger partial charge in [0, 0.05) is 25.1 Å². The molecule has 0 N–H and O–H groups in total. The largest absolute Gasteiger partial charge is 0.461 e. The number of hydrogen-bond acceptors (Lipinski definition) is 6. The number of ether oxygens (including phenoxy) is 1. The van der Waals surface area contributed by atoms with Crippen LogP contribution >= 0.6 is 0 Å². The second-order valence-electron chi connectivity index (χ2n) is 6.31. The molecule has 0 saturated carbocycles. The third-order valence-electron chi connectivity index (χ3n) is 4.46. The molecule has 1 aromatic carbocycles. The van der Waals surface area contributed by atoms with Crippen LogP contribution in [0.3, 0.4) is 0 Å². The van der Waals surface area contributed by atoms with E-state index in [1.807, 2.05) is 0 Å². The third-order valence-corrected chi connectivity index (χ3v) is 4.46. The van der Waals surface area contributed by atoms with Crippen molar-refractivity contribution in [3.05, 3.63) is 48.0 Å². The van der Waals surface area contributed by atoms with Crippen LogP contribution in [0.5, 0.6) is 5.75 Å². The van der Waals surface area contributed by atoms with Gasteiger partial charge in [-0.05, 0) is 48.7 Å². The van der Waals surface area contributed by atoms with Gasteiger partial charge in [0.05, 0.1) is 6.26 Å². The van der Waals surface area contributed by atoms with Crippen LogP contribution in [0.2, 0.25) is 0 Å². The van der Waals surface area contributed by atoms with Gasteiger partial charge in [0.25, 0.3) is 0 Å². The zero-order chi connectivity index (χ0) is 19.5. The average molecular weight is 389 g/mol. The molecule has 7 nitrogen and oxygen atoms in total. The minimum Gasteiger partial charge on any atom is -0.461 e. The van der Waals surface area contributed by atoms with E-state index in [2.05, 4.69) is 14.9 Å². The van der Waals surface area contributed by atoms with Crippen molar-refractivity contribution < 1.29 is 27.3 Å². The number of furan rings is 1. The van der Waals surface area contributed by atoms with Gasteiger partial charge in [-0.2, -0.15) is 13.8 Å². The van der Waals surface area contributed by atoms with Crippen LogP contribution in [-0.2, 0) is 17.6 Å². The van der Waals surface area contributed by atoms with E-state index in [1.165, 1.54) is 12.3 Å². The zero-order valence-corrected chi connectivity index (χ0v) is 14.8. The summed E-state index contributed by atoms with van der Waals surface area (Å²) in [7, 11) is 0. The Hall–Kier alpha value is -3.23. The van der Waals surface area contributed by atoms with E-state index in [0.717, 1.165) is 17.7 Å². The van der Waals surface area contributed by atoms with Gasteiger partial charge in [0.15, 0.2) is 5.76 Å². The highest BCUT2D eigenvalue weighted by atomic mass is 19.3. The molecule has 0 bridgehead atoms. The summed E-state index contributed by atoms with van der Waals surface area (Å²) in [6.07, 6.45) is 3.45. The zero-order valence-electron chi connectivity index (χ0n) is 14.8. The monoisotopic (exact) mass is 389 g/mol. The molecule has 9 heteroatoms. The number of carbonyl (C=O) groups is 1. The predicted molar refractivity (Wildman–Crippen MR) is 94.1 cm³/mol. The van der Waals surface area contributed by atoms with Crippen molar-refractivity contribution in [2.45, 2.75) is 32.3 Å². The number of benzene rings is 1. The van der Waals surface area contributed by atoms with E-state index >= 15 is 0 Å². The summed E-state index contributed by atoms with van der Waals surface area (Å²) in [5.74, 6) is 1.17. The molecule has 3 heterocycles. The predicted octanol–water partition coefficient (Wildman–Crippen LogP) is 3.84. The van der Waals surface area contributed by atoms with Gasteiger partial charge >= 0.3 is 6.61 Å². The highest BCUT2D eigenvalue weighted by molar-refractivity contribution is 5.94. The second-order valence-corrected chi connectivity index (χ2v) is 6.31. The van der Waals surface area contributed by atoms with Crippen molar-refractivity contribution in [3.8, 4) is 17.3 Å². The van der Waals surface area contributed by atoms with Crippen LogP contribution in [0.15, 0.2) is 45.5 Å². The molecule has 2 aromatic heterocycles. The van der Waals surface area contributed by atoms with Crippen LogP contribution in [0.1, 0.15) is 24.3 Å². The van der Waals surface area contributed by atoms with Gasteiger partial charge in [-0.15, -0.1) is 0 Å². The van der Waals surface area contributed by atoms with Crippen molar-refractivity contribution in [1.29, 1.82) is 0 Å². The number of carbonyl (C=O) groups excluding carboxylic acids is 1. The molecular formula is C19H17F2N3O4. The Morgan fingerprint density at radius 2 is 2.21 bits per heavy atom. The topological polar surface area (TPSA) is 81.6 Å². The maximum absolute atomic E-state index is 12.7. The first-order chi connectivity index (χ1) is 13.6. The summed E-state index contributed by atoms with van der Waals surface area (Å²) in [4.78, 5) is 18.6. The number of amides is 1. The lowest BCUT2D eigenvalue weighted by atomic mass is 10.0. The smallest absolute Gasteiger partial charge is 0.387 e. The Morgan fingerprint density at radius 3 is 3.00 bits per heavy atom. The fraction of sp³-hybridized carbons (Fsp3) is 0.316.